The number of aromatic nitrogens is 2. The van der Waals surface area contributed by atoms with Gasteiger partial charge in [0.25, 0.3) is 0 Å². The number of rotatable bonds is 1. The maximum absolute atomic E-state index is 4.34. The van der Waals surface area contributed by atoms with Gasteiger partial charge in [-0.1, -0.05) is 13.8 Å². The second kappa shape index (κ2) is 2.59. The van der Waals surface area contributed by atoms with E-state index in [0.29, 0.717) is 5.92 Å². The number of hydrogen-bond donors (Lipinski definition) is 0. The van der Waals surface area contributed by atoms with E-state index in [9.17, 15) is 0 Å². The first-order valence-electron chi connectivity index (χ1n) is 4.11. The standard InChI is InChI=1S/C9H12N2S/c1-6(2)8-4-10-9-11(8)7(3)5-12-9/h4-6H,1-3H3. The van der Waals surface area contributed by atoms with E-state index in [0.717, 1.165) is 4.96 Å². The van der Waals surface area contributed by atoms with Crippen LogP contribution in [0.3, 0.4) is 0 Å². The Morgan fingerprint density at radius 1 is 1.50 bits per heavy atom. The van der Waals surface area contributed by atoms with E-state index in [1.54, 1.807) is 11.3 Å². The Kier molecular flexibility index (Phi) is 1.68. The lowest BCUT2D eigenvalue weighted by Gasteiger charge is -2.02. The van der Waals surface area contributed by atoms with Crippen LogP contribution in [0.1, 0.15) is 31.2 Å². The normalized spacial score (nSPS) is 11.7. The van der Waals surface area contributed by atoms with Crippen LogP contribution in [0, 0.1) is 6.92 Å². The van der Waals surface area contributed by atoms with Gasteiger partial charge >= 0.3 is 0 Å². The van der Waals surface area contributed by atoms with Gasteiger partial charge in [0.1, 0.15) is 0 Å². The molecule has 0 aliphatic rings. The van der Waals surface area contributed by atoms with E-state index in [2.05, 4.69) is 35.5 Å². The zero-order valence-corrected chi connectivity index (χ0v) is 8.35. The first-order chi connectivity index (χ1) is 5.70. The topological polar surface area (TPSA) is 17.3 Å². The lowest BCUT2D eigenvalue weighted by molar-refractivity contribution is 0.803. The van der Waals surface area contributed by atoms with E-state index in [-0.39, 0.29) is 0 Å². The molecule has 0 saturated heterocycles. The molecule has 0 atom stereocenters. The Labute approximate surface area is 75.9 Å². The summed E-state index contributed by atoms with van der Waals surface area (Å²) in [5.74, 6) is 0.549. The van der Waals surface area contributed by atoms with Gasteiger partial charge in [-0.05, 0) is 12.8 Å². The van der Waals surface area contributed by atoms with Crippen molar-refractivity contribution in [2.75, 3.05) is 0 Å². The SMILES string of the molecule is Cc1csc2ncc(C(C)C)n12. The van der Waals surface area contributed by atoms with E-state index >= 15 is 0 Å². The lowest BCUT2D eigenvalue weighted by Crippen LogP contribution is -1.94. The van der Waals surface area contributed by atoms with Crippen LogP contribution < -0.4 is 0 Å². The molecule has 2 aromatic heterocycles. The number of fused-ring (bicyclic) bond motifs is 1. The molecule has 2 heterocycles. The summed E-state index contributed by atoms with van der Waals surface area (Å²) in [5.41, 5.74) is 2.60. The van der Waals surface area contributed by atoms with Crippen molar-refractivity contribution in [1.29, 1.82) is 0 Å². The minimum atomic E-state index is 0.549. The average Bonchev–Trinajstić information content (AvgIpc) is 2.53. The molecular weight excluding hydrogens is 168 g/mol. The largest absolute Gasteiger partial charge is 0.292 e. The monoisotopic (exact) mass is 180 g/mol. The molecular formula is C9H12N2S. The zero-order valence-electron chi connectivity index (χ0n) is 7.53. The summed E-state index contributed by atoms with van der Waals surface area (Å²) in [6, 6.07) is 0. The predicted octanol–water partition coefficient (Wildman–Crippen LogP) is 2.83. The van der Waals surface area contributed by atoms with E-state index in [1.807, 2.05) is 6.20 Å². The Morgan fingerprint density at radius 3 is 2.92 bits per heavy atom. The van der Waals surface area contributed by atoms with Gasteiger partial charge < -0.3 is 0 Å². The third kappa shape index (κ3) is 0.966. The zero-order chi connectivity index (χ0) is 8.72. The first kappa shape index (κ1) is 7.80. The summed E-state index contributed by atoms with van der Waals surface area (Å²) in [6.07, 6.45) is 1.98. The number of aryl methyl sites for hydroxylation is 1. The van der Waals surface area contributed by atoms with Crippen LogP contribution in [0.4, 0.5) is 0 Å². The third-order valence-corrected chi connectivity index (χ3v) is 2.99. The highest BCUT2D eigenvalue weighted by molar-refractivity contribution is 7.15. The van der Waals surface area contributed by atoms with Crippen LogP contribution in [0.25, 0.3) is 4.96 Å². The number of nitrogens with zero attached hydrogens (tertiary/aromatic N) is 2. The van der Waals surface area contributed by atoms with Gasteiger partial charge in [0.05, 0.1) is 6.20 Å². The number of imidazole rings is 1. The summed E-state index contributed by atoms with van der Waals surface area (Å²) >= 11 is 1.70. The van der Waals surface area contributed by atoms with Crippen molar-refractivity contribution in [3.63, 3.8) is 0 Å². The van der Waals surface area contributed by atoms with Crippen molar-refractivity contribution in [3.8, 4) is 0 Å². The fraction of sp³-hybridized carbons (Fsp3) is 0.444. The highest BCUT2D eigenvalue weighted by atomic mass is 32.1. The molecule has 0 aromatic carbocycles. The van der Waals surface area contributed by atoms with Gasteiger partial charge in [-0.25, -0.2) is 4.98 Å². The average molecular weight is 180 g/mol. The lowest BCUT2D eigenvalue weighted by atomic mass is 10.1. The molecule has 0 radical (unpaired) electrons. The Balaban J connectivity index is 2.75. The summed E-state index contributed by atoms with van der Waals surface area (Å²) in [5, 5.41) is 2.15. The van der Waals surface area contributed by atoms with E-state index in [1.165, 1.54) is 11.4 Å². The van der Waals surface area contributed by atoms with Crippen molar-refractivity contribution in [2.45, 2.75) is 26.7 Å². The fourth-order valence-corrected chi connectivity index (χ4v) is 2.23. The Bertz CT molecular complexity index is 397. The molecule has 0 fully saturated rings. The quantitative estimate of drug-likeness (QED) is 0.659. The summed E-state index contributed by atoms with van der Waals surface area (Å²) in [4.78, 5) is 5.45. The molecule has 2 aromatic rings. The van der Waals surface area contributed by atoms with Crippen molar-refractivity contribution in [2.24, 2.45) is 0 Å². The van der Waals surface area contributed by atoms with Crippen molar-refractivity contribution in [1.82, 2.24) is 9.38 Å². The summed E-state index contributed by atoms with van der Waals surface area (Å²) in [6.45, 7) is 6.51. The summed E-state index contributed by atoms with van der Waals surface area (Å²) < 4.78 is 2.23. The van der Waals surface area contributed by atoms with Gasteiger partial charge in [-0.3, -0.25) is 4.40 Å². The molecule has 0 aliphatic carbocycles. The minimum absolute atomic E-state index is 0.549. The number of thiazole rings is 1. The summed E-state index contributed by atoms with van der Waals surface area (Å²) in [7, 11) is 0. The maximum atomic E-state index is 4.34. The molecule has 64 valence electrons. The highest BCUT2D eigenvalue weighted by Crippen LogP contribution is 2.22. The maximum Gasteiger partial charge on any atom is 0.194 e. The van der Waals surface area contributed by atoms with Crippen molar-refractivity contribution < 1.29 is 0 Å². The molecule has 12 heavy (non-hydrogen) atoms. The second-order valence-electron chi connectivity index (χ2n) is 3.33. The Hall–Kier alpha value is -0.830. The van der Waals surface area contributed by atoms with Crippen LogP contribution in [0.5, 0.6) is 0 Å². The second-order valence-corrected chi connectivity index (χ2v) is 4.17. The van der Waals surface area contributed by atoms with Crippen LogP contribution in [0.15, 0.2) is 11.6 Å². The molecule has 0 amide bonds. The molecule has 0 bridgehead atoms. The van der Waals surface area contributed by atoms with Crippen molar-refractivity contribution >= 4 is 16.3 Å². The van der Waals surface area contributed by atoms with Gasteiger partial charge in [0.15, 0.2) is 4.96 Å². The molecule has 0 spiro atoms. The smallest absolute Gasteiger partial charge is 0.194 e. The molecule has 0 saturated carbocycles. The third-order valence-electron chi connectivity index (χ3n) is 2.04. The van der Waals surface area contributed by atoms with Gasteiger partial charge in [0, 0.05) is 16.8 Å². The fourth-order valence-electron chi connectivity index (χ4n) is 1.38. The first-order valence-corrected chi connectivity index (χ1v) is 4.99. The molecule has 0 unspecified atom stereocenters. The molecule has 3 heteroatoms. The van der Waals surface area contributed by atoms with Crippen LogP contribution >= 0.6 is 11.3 Å². The van der Waals surface area contributed by atoms with Gasteiger partial charge in [0.2, 0.25) is 0 Å². The molecule has 0 N–H and O–H groups in total. The predicted molar refractivity (Wildman–Crippen MR) is 51.9 cm³/mol. The Morgan fingerprint density at radius 2 is 2.25 bits per heavy atom. The van der Waals surface area contributed by atoms with Crippen molar-refractivity contribution in [3.05, 3.63) is 23.0 Å². The van der Waals surface area contributed by atoms with Gasteiger partial charge in [-0.15, -0.1) is 11.3 Å². The minimum Gasteiger partial charge on any atom is -0.292 e. The van der Waals surface area contributed by atoms with E-state index < -0.39 is 0 Å². The van der Waals surface area contributed by atoms with Crippen LogP contribution in [0.2, 0.25) is 0 Å². The number of hydrogen-bond acceptors (Lipinski definition) is 2. The molecule has 0 aliphatic heterocycles. The molecule has 2 nitrogen and oxygen atoms in total. The van der Waals surface area contributed by atoms with Crippen LogP contribution in [-0.4, -0.2) is 9.38 Å². The molecule has 2 rings (SSSR count). The van der Waals surface area contributed by atoms with Gasteiger partial charge in [-0.2, -0.15) is 0 Å². The van der Waals surface area contributed by atoms with E-state index in [4.69, 9.17) is 0 Å². The van der Waals surface area contributed by atoms with Crippen LogP contribution in [-0.2, 0) is 0 Å². The highest BCUT2D eigenvalue weighted by Gasteiger charge is 2.09.